The molecule has 96 valence electrons. The Balaban J connectivity index is 2.47. The van der Waals surface area contributed by atoms with Crippen LogP contribution in [0.5, 0.6) is 0 Å². The number of aliphatic hydroxyl groups is 1. The third kappa shape index (κ3) is 4.32. The fraction of sp³-hybridized carbons (Fsp3) is 0.636. The molecule has 0 aromatic carbocycles. The van der Waals surface area contributed by atoms with E-state index in [-0.39, 0.29) is 12.5 Å². The molecule has 6 heteroatoms. The van der Waals surface area contributed by atoms with Crippen LogP contribution < -0.4 is 5.32 Å². The number of rotatable bonds is 6. The van der Waals surface area contributed by atoms with Crippen molar-refractivity contribution >= 4 is 18.1 Å². The largest absolute Gasteiger partial charge is 0.390 e. The summed E-state index contributed by atoms with van der Waals surface area (Å²) in [5.41, 5.74) is 0.701. The molecule has 0 aliphatic carbocycles. The second-order valence-electron chi connectivity index (χ2n) is 4.34. The highest BCUT2D eigenvalue weighted by Gasteiger charge is 2.06. The summed E-state index contributed by atoms with van der Waals surface area (Å²) in [6.07, 6.45) is 2.03. The molecule has 0 aliphatic rings. The Bertz CT molecular complexity index is 423. The summed E-state index contributed by atoms with van der Waals surface area (Å²) < 4.78 is 2.27. The van der Waals surface area contributed by atoms with Gasteiger partial charge in [-0.2, -0.15) is 0 Å². The maximum atomic E-state index is 11.5. The van der Waals surface area contributed by atoms with Gasteiger partial charge >= 0.3 is 0 Å². The zero-order valence-electron chi connectivity index (χ0n) is 10.2. The first-order chi connectivity index (χ1) is 8.04. The lowest BCUT2D eigenvalue weighted by Gasteiger charge is -2.09. The van der Waals surface area contributed by atoms with Crippen LogP contribution in [-0.2, 0) is 17.9 Å². The van der Waals surface area contributed by atoms with E-state index in [0.29, 0.717) is 35.9 Å². The summed E-state index contributed by atoms with van der Waals surface area (Å²) in [6, 6.07) is 0. The molecule has 1 aromatic heterocycles. The van der Waals surface area contributed by atoms with E-state index in [4.69, 9.17) is 17.3 Å². The van der Waals surface area contributed by atoms with Crippen LogP contribution in [0, 0.1) is 10.7 Å². The Labute approximate surface area is 106 Å². The van der Waals surface area contributed by atoms with E-state index >= 15 is 0 Å². The number of nitrogens with zero attached hydrogens (tertiary/aromatic N) is 1. The monoisotopic (exact) mass is 257 g/mol. The van der Waals surface area contributed by atoms with Gasteiger partial charge in [0.25, 0.3) is 0 Å². The smallest absolute Gasteiger partial charge is 0.221 e. The molecule has 0 saturated carbocycles. The van der Waals surface area contributed by atoms with Gasteiger partial charge in [-0.25, -0.2) is 0 Å². The van der Waals surface area contributed by atoms with E-state index in [0.717, 1.165) is 0 Å². The highest BCUT2D eigenvalue weighted by Crippen LogP contribution is 2.03. The molecule has 0 radical (unpaired) electrons. The van der Waals surface area contributed by atoms with Crippen molar-refractivity contribution in [2.45, 2.75) is 33.4 Å². The average Bonchev–Trinajstić information content (AvgIpc) is 2.64. The Hall–Kier alpha value is -1.14. The molecule has 0 bridgehead atoms. The van der Waals surface area contributed by atoms with Crippen LogP contribution in [0.25, 0.3) is 0 Å². The van der Waals surface area contributed by atoms with Crippen LogP contribution in [0.4, 0.5) is 0 Å². The Morgan fingerprint density at radius 1 is 1.65 bits per heavy atom. The Morgan fingerprint density at radius 2 is 2.35 bits per heavy atom. The van der Waals surface area contributed by atoms with Crippen molar-refractivity contribution in [2.24, 2.45) is 5.92 Å². The second kappa shape index (κ2) is 6.56. The average molecular weight is 257 g/mol. The molecule has 3 N–H and O–H groups in total. The summed E-state index contributed by atoms with van der Waals surface area (Å²) in [5, 5.41) is 11.9. The number of nitrogens with one attached hydrogen (secondary N) is 2. The molecule has 0 spiro atoms. The maximum Gasteiger partial charge on any atom is 0.221 e. The van der Waals surface area contributed by atoms with E-state index in [9.17, 15) is 4.79 Å². The van der Waals surface area contributed by atoms with Crippen molar-refractivity contribution in [1.82, 2.24) is 14.9 Å². The number of hydrogen-bond donors (Lipinski definition) is 3. The van der Waals surface area contributed by atoms with E-state index in [1.165, 1.54) is 0 Å². The number of aromatic nitrogens is 2. The highest BCUT2D eigenvalue weighted by molar-refractivity contribution is 7.71. The van der Waals surface area contributed by atoms with Crippen molar-refractivity contribution in [1.29, 1.82) is 0 Å². The molecule has 0 fully saturated rings. The van der Waals surface area contributed by atoms with Crippen molar-refractivity contribution in [3.8, 4) is 0 Å². The van der Waals surface area contributed by atoms with Crippen LogP contribution in [0.15, 0.2) is 6.20 Å². The molecule has 1 heterocycles. The number of H-pyrrole nitrogens is 1. The summed E-state index contributed by atoms with van der Waals surface area (Å²) in [6.45, 7) is 5.19. The van der Waals surface area contributed by atoms with Gasteiger partial charge in [-0.1, -0.05) is 13.8 Å². The molecule has 0 atom stereocenters. The van der Waals surface area contributed by atoms with Crippen LogP contribution in [0.2, 0.25) is 0 Å². The van der Waals surface area contributed by atoms with Crippen molar-refractivity contribution in [3.63, 3.8) is 0 Å². The molecule has 17 heavy (non-hydrogen) atoms. The lowest BCUT2D eigenvalue weighted by Crippen LogP contribution is -2.28. The molecule has 1 rings (SSSR count). The molecule has 0 unspecified atom stereocenters. The van der Waals surface area contributed by atoms with Gasteiger partial charge in [0.2, 0.25) is 5.91 Å². The predicted molar refractivity (Wildman–Crippen MR) is 68.0 cm³/mol. The van der Waals surface area contributed by atoms with E-state index < -0.39 is 0 Å². The summed E-state index contributed by atoms with van der Waals surface area (Å²) >= 11 is 5.06. The van der Waals surface area contributed by atoms with E-state index in [1.54, 1.807) is 10.8 Å². The fourth-order valence-corrected chi connectivity index (χ4v) is 1.69. The molecular formula is C11H19N3O2S. The third-order valence-corrected chi connectivity index (χ3v) is 2.72. The fourth-order valence-electron chi connectivity index (χ4n) is 1.43. The van der Waals surface area contributed by atoms with E-state index in [1.807, 2.05) is 13.8 Å². The van der Waals surface area contributed by atoms with Gasteiger partial charge in [0.15, 0.2) is 4.77 Å². The normalized spacial score (nSPS) is 10.8. The molecule has 0 aliphatic heterocycles. The molecule has 5 nitrogen and oxygen atoms in total. The SMILES string of the molecule is CC(C)CNC(=O)CCn1c(CO)c[nH]c1=S. The molecule has 1 amide bonds. The number of carbonyl (C=O) groups excluding carboxylic acids is 1. The first-order valence-corrected chi connectivity index (χ1v) is 6.10. The Kier molecular flexibility index (Phi) is 5.37. The summed E-state index contributed by atoms with van der Waals surface area (Å²) in [4.78, 5) is 14.4. The minimum atomic E-state index is -0.0826. The maximum absolute atomic E-state index is 11.5. The molecule has 1 aromatic rings. The Morgan fingerprint density at radius 3 is 2.94 bits per heavy atom. The van der Waals surface area contributed by atoms with Crippen molar-refractivity contribution in [3.05, 3.63) is 16.7 Å². The number of amides is 1. The topological polar surface area (TPSA) is 70.1 Å². The lowest BCUT2D eigenvalue weighted by molar-refractivity contribution is -0.121. The standard InChI is InChI=1S/C11H19N3O2S/c1-8(2)5-12-10(16)3-4-14-9(7-15)6-13-11(14)17/h6,8,15H,3-5,7H2,1-2H3,(H,12,16)(H,13,17). The minimum absolute atomic E-state index is 0.00527. The lowest BCUT2D eigenvalue weighted by atomic mass is 10.2. The van der Waals surface area contributed by atoms with Gasteiger partial charge in [-0.05, 0) is 18.1 Å². The van der Waals surface area contributed by atoms with Gasteiger partial charge in [0.1, 0.15) is 0 Å². The number of aliphatic hydroxyl groups excluding tert-OH is 1. The van der Waals surface area contributed by atoms with Crippen LogP contribution in [0.3, 0.4) is 0 Å². The van der Waals surface area contributed by atoms with Crippen LogP contribution in [0.1, 0.15) is 26.0 Å². The van der Waals surface area contributed by atoms with Gasteiger partial charge in [-0.3, -0.25) is 4.79 Å². The molecular weight excluding hydrogens is 238 g/mol. The highest BCUT2D eigenvalue weighted by atomic mass is 32.1. The van der Waals surface area contributed by atoms with Gasteiger partial charge in [0, 0.05) is 25.7 Å². The molecule has 0 saturated heterocycles. The predicted octanol–water partition coefficient (Wildman–Crippen LogP) is 1.20. The number of carbonyl (C=O) groups is 1. The first kappa shape index (κ1) is 13.9. The zero-order valence-corrected chi connectivity index (χ0v) is 11.0. The van der Waals surface area contributed by atoms with Gasteiger partial charge < -0.3 is 20.0 Å². The minimum Gasteiger partial charge on any atom is -0.390 e. The number of imidazole rings is 1. The second-order valence-corrected chi connectivity index (χ2v) is 4.73. The zero-order chi connectivity index (χ0) is 12.8. The van der Waals surface area contributed by atoms with Crippen LogP contribution in [-0.4, -0.2) is 27.1 Å². The van der Waals surface area contributed by atoms with Crippen molar-refractivity contribution in [2.75, 3.05) is 6.54 Å². The van der Waals surface area contributed by atoms with Crippen molar-refractivity contribution < 1.29 is 9.90 Å². The summed E-state index contributed by atoms with van der Waals surface area (Å²) in [7, 11) is 0. The van der Waals surface area contributed by atoms with E-state index in [2.05, 4.69) is 10.3 Å². The third-order valence-electron chi connectivity index (χ3n) is 2.39. The number of aromatic amines is 1. The summed E-state index contributed by atoms with van der Waals surface area (Å²) in [5.74, 6) is 0.451. The quantitative estimate of drug-likeness (QED) is 0.671. The van der Waals surface area contributed by atoms with Crippen LogP contribution >= 0.6 is 12.2 Å². The number of hydrogen-bond acceptors (Lipinski definition) is 3. The van der Waals surface area contributed by atoms with Gasteiger partial charge in [-0.15, -0.1) is 0 Å². The van der Waals surface area contributed by atoms with Gasteiger partial charge in [0.05, 0.1) is 12.3 Å². The first-order valence-electron chi connectivity index (χ1n) is 5.69.